The highest BCUT2D eigenvalue weighted by atomic mass is 16.4. The molecule has 0 bridgehead atoms. The summed E-state index contributed by atoms with van der Waals surface area (Å²) in [5, 5.41) is 5.57. The lowest BCUT2D eigenvalue weighted by atomic mass is 10.3. The second-order valence-electron chi connectivity index (χ2n) is 4.20. The highest BCUT2D eigenvalue weighted by Crippen LogP contribution is 2.17. The molecule has 0 aliphatic heterocycles. The second kappa shape index (κ2) is 5.48. The smallest absolute Gasteiger partial charge is 0.296 e. The van der Waals surface area contributed by atoms with Crippen LogP contribution in [0, 0.1) is 0 Å². The van der Waals surface area contributed by atoms with Gasteiger partial charge >= 0.3 is 0 Å². The monoisotopic (exact) mass is 271 g/mol. The van der Waals surface area contributed by atoms with E-state index >= 15 is 0 Å². The van der Waals surface area contributed by atoms with Gasteiger partial charge < -0.3 is 19.5 Å². The lowest BCUT2D eigenvalue weighted by Crippen LogP contribution is -2.29. The Bertz CT molecular complexity index is 670. The van der Waals surface area contributed by atoms with Crippen LogP contribution in [0.2, 0.25) is 0 Å². The molecule has 0 spiro atoms. The highest BCUT2D eigenvalue weighted by molar-refractivity contribution is 5.80. The standard InChI is InChI=1S/C14H13N3O3/c18-13(15-8-10-4-3-7-19-10)9-16-14-17-11-5-1-2-6-12(11)20-14/h1-7H,8-9H2,(H,15,18)(H,16,17). The van der Waals surface area contributed by atoms with Crippen LogP contribution in [0.3, 0.4) is 0 Å². The molecule has 0 aliphatic carbocycles. The minimum atomic E-state index is -0.163. The van der Waals surface area contributed by atoms with Crippen LogP contribution in [-0.4, -0.2) is 17.4 Å². The molecule has 0 radical (unpaired) electrons. The van der Waals surface area contributed by atoms with Crippen molar-refractivity contribution in [3.05, 3.63) is 48.4 Å². The zero-order valence-electron chi connectivity index (χ0n) is 10.6. The maximum atomic E-state index is 11.6. The summed E-state index contributed by atoms with van der Waals surface area (Å²) in [6, 6.07) is 11.3. The number of para-hydroxylation sites is 2. The van der Waals surface area contributed by atoms with Crippen molar-refractivity contribution in [2.24, 2.45) is 0 Å². The summed E-state index contributed by atoms with van der Waals surface area (Å²) < 4.78 is 10.6. The van der Waals surface area contributed by atoms with Gasteiger partial charge in [0, 0.05) is 0 Å². The van der Waals surface area contributed by atoms with Gasteiger partial charge in [0.2, 0.25) is 5.91 Å². The Labute approximate surface area is 114 Å². The molecule has 0 atom stereocenters. The van der Waals surface area contributed by atoms with Gasteiger partial charge in [-0.25, -0.2) is 0 Å². The fraction of sp³-hybridized carbons (Fsp3) is 0.143. The number of nitrogens with one attached hydrogen (secondary N) is 2. The largest absolute Gasteiger partial charge is 0.467 e. The van der Waals surface area contributed by atoms with Gasteiger partial charge in [-0.05, 0) is 24.3 Å². The number of nitrogens with zero attached hydrogens (tertiary/aromatic N) is 1. The van der Waals surface area contributed by atoms with Crippen LogP contribution in [-0.2, 0) is 11.3 Å². The normalized spacial score (nSPS) is 10.6. The maximum Gasteiger partial charge on any atom is 0.296 e. The van der Waals surface area contributed by atoms with Crippen LogP contribution >= 0.6 is 0 Å². The first-order valence-corrected chi connectivity index (χ1v) is 6.20. The molecule has 0 unspecified atom stereocenters. The minimum Gasteiger partial charge on any atom is -0.467 e. The molecule has 0 aliphatic rings. The van der Waals surface area contributed by atoms with Crippen molar-refractivity contribution in [3.63, 3.8) is 0 Å². The molecule has 2 heterocycles. The van der Waals surface area contributed by atoms with E-state index in [-0.39, 0.29) is 12.5 Å². The lowest BCUT2D eigenvalue weighted by molar-refractivity contribution is -0.119. The molecule has 1 aromatic carbocycles. The van der Waals surface area contributed by atoms with E-state index in [1.807, 2.05) is 24.3 Å². The number of benzene rings is 1. The molecule has 3 rings (SSSR count). The van der Waals surface area contributed by atoms with Crippen molar-refractivity contribution in [1.29, 1.82) is 0 Å². The summed E-state index contributed by atoms with van der Waals surface area (Å²) in [4.78, 5) is 15.9. The Balaban J connectivity index is 1.52. The Morgan fingerprint density at radius 1 is 1.20 bits per heavy atom. The molecule has 2 aromatic heterocycles. The van der Waals surface area contributed by atoms with E-state index in [0.29, 0.717) is 23.9 Å². The van der Waals surface area contributed by atoms with Crippen molar-refractivity contribution in [1.82, 2.24) is 10.3 Å². The second-order valence-corrected chi connectivity index (χ2v) is 4.20. The molecule has 6 nitrogen and oxygen atoms in total. The summed E-state index contributed by atoms with van der Waals surface area (Å²) in [6.07, 6.45) is 1.57. The molecule has 3 aromatic rings. The molecule has 6 heteroatoms. The van der Waals surface area contributed by atoms with E-state index in [4.69, 9.17) is 8.83 Å². The van der Waals surface area contributed by atoms with Gasteiger partial charge in [-0.3, -0.25) is 4.79 Å². The minimum absolute atomic E-state index is 0.0908. The molecule has 2 N–H and O–H groups in total. The number of anilines is 1. The van der Waals surface area contributed by atoms with E-state index in [9.17, 15) is 4.79 Å². The predicted molar refractivity (Wildman–Crippen MR) is 73.1 cm³/mol. The van der Waals surface area contributed by atoms with E-state index in [1.54, 1.807) is 18.4 Å². The van der Waals surface area contributed by atoms with Crippen molar-refractivity contribution in [2.45, 2.75) is 6.54 Å². The van der Waals surface area contributed by atoms with Crippen LogP contribution in [0.25, 0.3) is 11.1 Å². The average molecular weight is 271 g/mol. The molecule has 0 fully saturated rings. The maximum absolute atomic E-state index is 11.6. The van der Waals surface area contributed by atoms with Gasteiger partial charge in [0.05, 0.1) is 19.4 Å². The molecule has 0 saturated carbocycles. The molecular weight excluding hydrogens is 258 g/mol. The number of oxazole rings is 1. The summed E-state index contributed by atoms with van der Waals surface area (Å²) >= 11 is 0. The summed E-state index contributed by atoms with van der Waals surface area (Å²) in [6.45, 7) is 0.453. The van der Waals surface area contributed by atoms with Gasteiger partial charge in [0.1, 0.15) is 11.3 Å². The van der Waals surface area contributed by atoms with Crippen LogP contribution in [0.5, 0.6) is 0 Å². The zero-order valence-corrected chi connectivity index (χ0v) is 10.6. The average Bonchev–Trinajstić information content (AvgIpc) is 3.11. The molecular formula is C14H13N3O3. The SMILES string of the molecule is O=C(CNc1nc2ccccc2o1)NCc1ccco1. The van der Waals surface area contributed by atoms with Crippen molar-refractivity contribution >= 4 is 23.0 Å². The fourth-order valence-electron chi connectivity index (χ4n) is 1.77. The predicted octanol–water partition coefficient (Wildman–Crippen LogP) is 2.15. The van der Waals surface area contributed by atoms with Gasteiger partial charge in [-0.15, -0.1) is 0 Å². The third-order valence-electron chi connectivity index (χ3n) is 2.73. The van der Waals surface area contributed by atoms with Gasteiger partial charge in [0.25, 0.3) is 6.01 Å². The first kappa shape index (κ1) is 12.3. The quantitative estimate of drug-likeness (QED) is 0.743. The number of hydrogen-bond donors (Lipinski definition) is 2. The van der Waals surface area contributed by atoms with Crippen LogP contribution in [0.4, 0.5) is 6.01 Å². The number of furan rings is 1. The summed E-state index contributed by atoms with van der Waals surface area (Å²) in [5.74, 6) is 0.545. The Morgan fingerprint density at radius 2 is 2.10 bits per heavy atom. The molecule has 102 valence electrons. The topological polar surface area (TPSA) is 80.3 Å². The third kappa shape index (κ3) is 2.80. The molecule has 20 heavy (non-hydrogen) atoms. The van der Waals surface area contributed by atoms with Crippen LogP contribution < -0.4 is 10.6 Å². The number of aromatic nitrogens is 1. The lowest BCUT2D eigenvalue weighted by Gasteiger charge is -2.03. The molecule has 0 saturated heterocycles. The Kier molecular flexibility index (Phi) is 3.36. The van der Waals surface area contributed by atoms with Crippen LogP contribution in [0.15, 0.2) is 51.5 Å². The van der Waals surface area contributed by atoms with E-state index < -0.39 is 0 Å². The first-order valence-electron chi connectivity index (χ1n) is 6.20. The highest BCUT2D eigenvalue weighted by Gasteiger charge is 2.07. The Hall–Kier alpha value is -2.76. The number of hydrogen-bond acceptors (Lipinski definition) is 5. The molecule has 1 amide bonds. The number of rotatable bonds is 5. The van der Waals surface area contributed by atoms with Gasteiger partial charge in [-0.2, -0.15) is 4.98 Å². The first-order chi connectivity index (χ1) is 9.81. The number of carbonyl (C=O) groups is 1. The van der Waals surface area contributed by atoms with E-state index in [1.165, 1.54) is 0 Å². The van der Waals surface area contributed by atoms with E-state index in [2.05, 4.69) is 15.6 Å². The van der Waals surface area contributed by atoms with E-state index in [0.717, 1.165) is 5.52 Å². The zero-order chi connectivity index (χ0) is 13.8. The van der Waals surface area contributed by atoms with Crippen molar-refractivity contribution in [2.75, 3.05) is 11.9 Å². The third-order valence-corrected chi connectivity index (χ3v) is 2.73. The Morgan fingerprint density at radius 3 is 2.90 bits per heavy atom. The van der Waals surface area contributed by atoms with Crippen LogP contribution in [0.1, 0.15) is 5.76 Å². The summed E-state index contributed by atoms with van der Waals surface area (Å²) in [7, 11) is 0. The summed E-state index contributed by atoms with van der Waals surface area (Å²) in [5.41, 5.74) is 1.44. The van der Waals surface area contributed by atoms with Crippen molar-refractivity contribution in [3.8, 4) is 0 Å². The van der Waals surface area contributed by atoms with Crippen molar-refractivity contribution < 1.29 is 13.6 Å². The number of amides is 1. The van der Waals surface area contributed by atoms with Gasteiger partial charge in [0.15, 0.2) is 5.58 Å². The van der Waals surface area contributed by atoms with Gasteiger partial charge in [-0.1, -0.05) is 12.1 Å². The number of carbonyl (C=O) groups excluding carboxylic acids is 1. The number of fused-ring (bicyclic) bond motifs is 1. The fourth-order valence-corrected chi connectivity index (χ4v) is 1.77.